The summed E-state index contributed by atoms with van der Waals surface area (Å²) < 4.78 is 4.57. The van der Waals surface area contributed by atoms with E-state index in [1.165, 1.54) is 7.11 Å². The van der Waals surface area contributed by atoms with Crippen molar-refractivity contribution in [3.05, 3.63) is 29.6 Å². The number of nitrogens with zero attached hydrogens (tertiary/aromatic N) is 1. The van der Waals surface area contributed by atoms with Crippen LogP contribution in [0.1, 0.15) is 19.8 Å². The van der Waals surface area contributed by atoms with E-state index in [1.54, 1.807) is 18.3 Å². The number of halogens is 2. The average Bonchev–Trinajstić information content (AvgIpc) is 2.17. The van der Waals surface area contributed by atoms with Crippen LogP contribution in [0.3, 0.4) is 0 Å². The van der Waals surface area contributed by atoms with Gasteiger partial charge in [-0.25, -0.2) is 9.78 Å². The molecule has 0 saturated carbocycles. The lowest BCUT2D eigenvalue weighted by Crippen LogP contribution is -2.03. The summed E-state index contributed by atoms with van der Waals surface area (Å²) in [6.45, 7) is 0. The highest BCUT2D eigenvalue weighted by Crippen LogP contribution is 2.28. The first-order valence-corrected chi connectivity index (χ1v) is 5.30. The molecule has 0 saturated heterocycles. The van der Waals surface area contributed by atoms with Gasteiger partial charge < -0.3 is 4.74 Å². The van der Waals surface area contributed by atoms with E-state index in [9.17, 15) is 4.79 Å². The van der Waals surface area contributed by atoms with Gasteiger partial charge in [0.1, 0.15) is 5.69 Å². The Kier molecular flexibility index (Phi) is 3.87. The largest absolute Gasteiger partial charge is 0.464 e. The fourth-order valence-electron chi connectivity index (χ4n) is 0.760. The molecule has 3 nitrogen and oxygen atoms in total. The number of carbonyl (C=O) groups is 1. The maximum absolute atomic E-state index is 11.0. The highest BCUT2D eigenvalue weighted by atomic mass is 79.9. The Balaban J connectivity index is 2.87. The van der Waals surface area contributed by atoms with Crippen LogP contribution in [0.4, 0.5) is 0 Å². The van der Waals surface area contributed by atoms with Gasteiger partial charge in [-0.1, -0.05) is 37.9 Å². The number of esters is 1. The molecular weight excluding hydrogens is 302 g/mol. The van der Waals surface area contributed by atoms with Crippen molar-refractivity contribution in [2.75, 3.05) is 7.11 Å². The lowest BCUT2D eigenvalue weighted by atomic mass is 10.3. The van der Waals surface area contributed by atoms with Crippen molar-refractivity contribution in [1.29, 1.82) is 0 Å². The van der Waals surface area contributed by atoms with E-state index in [-0.39, 0.29) is 3.74 Å². The Labute approximate surface area is 92.8 Å². The minimum atomic E-state index is -0.424. The van der Waals surface area contributed by atoms with E-state index >= 15 is 0 Å². The molecule has 0 atom stereocenters. The van der Waals surface area contributed by atoms with Crippen molar-refractivity contribution in [3.63, 3.8) is 0 Å². The number of carbonyl (C=O) groups excluding carboxylic acids is 1. The summed E-state index contributed by atoms with van der Waals surface area (Å²) >= 11 is 6.64. The number of rotatable bonds is 2. The summed E-state index contributed by atoms with van der Waals surface area (Å²) in [6.07, 6.45) is 1.61. The van der Waals surface area contributed by atoms with Gasteiger partial charge >= 0.3 is 5.97 Å². The Hall–Kier alpha value is -0.420. The van der Waals surface area contributed by atoms with E-state index in [1.807, 2.05) is 0 Å². The summed E-state index contributed by atoms with van der Waals surface area (Å²) in [5.41, 5.74) is 1.26. The lowest BCUT2D eigenvalue weighted by Gasteiger charge is -2.02. The minimum Gasteiger partial charge on any atom is -0.464 e. The predicted molar refractivity (Wildman–Crippen MR) is 56.2 cm³/mol. The Morgan fingerprint density at radius 2 is 2.23 bits per heavy atom. The molecule has 70 valence electrons. The normalized spacial score (nSPS) is 10.2. The fraction of sp³-hybridized carbons (Fsp3) is 0.250. The first-order chi connectivity index (χ1) is 6.15. The van der Waals surface area contributed by atoms with E-state index in [4.69, 9.17) is 0 Å². The fourth-order valence-corrected chi connectivity index (χ4v) is 1.30. The average molecular weight is 309 g/mol. The van der Waals surface area contributed by atoms with E-state index < -0.39 is 5.97 Å². The second kappa shape index (κ2) is 4.72. The van der Waals surface area contributed by atoms with E-state index in [2.05, 4.69) is 41.6 Å². The quantitative estimate of drug-likeness (QED) is 0.623. The van der Waals surface area contributed by atoms with Gasteiger partial charge in [-0.3, -0.25) is 0 Å². The molecule has 0 bridgehead atoms. The molecule has 0 spiro atoms. The summed E-state index contributed by atoms with van der Waals surface area (Å²) in [5.74, 6) is -0.424. The highest BCUT2D eigenvalue weighted by Gasteiger charge is 2.08. The Morgan fingerprint density at radius 1 is 1.54 bits per heavy atom. The third kappa shape index (κ3) is 2.77. The van der Waals surface area contributed by atoms with Crippen LogP contribution in [0.15, 0.2) is 18.3 Å². The number of methoxy groups -OCH3 is 1. The van der Waals surface area contributed by atoms with Crippen LogP contribution in [-0.4, -0.2) is 18.1 Å². The number of hydrogen-bond acceptors (Lipinski definition) is 3. The monoisotopic (exact) mass is 307 g/mol. The molecule has 1 aromatic heterocycles. The molecule has 1 aromatic rings. The molecule has 0 N–H and O–H groups in total. The molecule has 0 amide bonds. The maximum Gasteiger partial charge on any atom is 0.356 e. The molecule has 0 aliphatic heterocycles. The van der Waals surface area contributed by atoms with Crippen molar-refractivity contribution in [3.8, 4) is 0 Å². The third-order valence-corrected chi connectivity index (χ3v) is 2.49. The zero-order chi connectivity index (χ0) is 9.84. The number of pyridine rings is 1. The van der Waals surface area contributed by atoms with Crippen molar-refractivity contribution in [2.24, 2.45) is 0 Å². The molecule has 0 unspecified atom stereocenters. The lowest BCUT2D eigenvalue weighted by molar-refractivity contribution is 0.0594. The van der Waals surface area contributed by atoms with Crippen molar-refractivity contribution >= 4 is 37.8 Å². The van der Waals surface area contributed by atoms with E-state index in [0.29, 0.717) is 5.69 Å². The Bertz CT molecular complexity index is 298. The van der Waals surface area contributed by atoms with Gasteiger partial charge in [-0.05, 0) is 11.6 Å². The summed E-state index contributed by atoms with van der Waals surface area (Å²) in [6, 6.07) is 3.42. The van der Waals surface area contributed by atoms with Crippen molar-refractivity contribution in [1.82, 2.24) is 4.98 Å². The molecular formula is C8H7Br2NO2. The minimum absolute atomic E-state index is 0.0548. The van der Waals surface area contributed by atoms with Crippen LogP contribution >= 0.6 is 31.9 Å². The van der Waals surface area contributed by atoms with Gasteiger partial charge in [0, 0.05) is 6.20 Å². The van der Waals surface area contributed by atoms with Crippen molar-refractivity contribution < 1.29 is 9.53 Å². The topological polar surface area (TPSA) is 39.2 Å². The van der Waals surface area contributed by atoms with Gasteiger partial charge in [0.25, 0.3) is 0 Å². The first kappa shape index (κ1) is 10.7. The van der Waals surface area contributed by atoms with Crippen LogP contribution in [0, 0.1) is 0 Å². The SMILES string of the molecule is COC(=O)c1ccc(C(Br)Br)cn1. The van der Waals surface area contributed by atoms with Crippen molar-refractivity contribution in [2.45, 2.75) is 3.74 Å². The third-order valence-electron chi connectivity index (χ3n) is 1.43. The van der Waals surface area contributed by atoms with Gasteiger partial charge in [-0.15, -0.1) is 0 Å². The Morgan fingerprint density at radius 3 is 2.62 bits per heavy atom. The standard InChI is InChI=1S/C8H7Br2NO2/c1-13-8(12)6-3-2-5(4-11-6)7(9)10/h2-4,7H,1H3. The molecule has 1 rings (SSSR count). The van der Waals surface area contributed by atoms with Gasteiger partial charge in [0.05, 0.1) is 10.8 Å². The number of hydrogen-bond donors (Lipinski definition) is 0. The van der Waals surface area contributed by atoms with Gasteiger partial charge in [-0.2, -0.15) is 0 Å². The van der Waals surface area contributed by atoms with Crippen LogP contribution in [0.25, 0.3) is 0 Å². The summed E-state index contributed by atoms with van der Waals surface area (Å²) in [4.78, 5) is 14.9. The molecule has 0 aliphatic rings. The van der Waals surface area contributed by atoms with Gasteiger partial charge in [0.15, 0.2) is 0 Å². The second-order valence-electron chi connectivity index (χ2n) is 2.27. The molecule has 0 fully saturated rings. The molecule has 0 aliphatic carbocycles. The zero-order valence-corrected chi connectivity index (χ0v) is 10.0. The summed E-state index contributed by atoms with van der Waals surface area (Å²) in [5, 5.41) is 0. The van der Waals surface area contributed by atoms with E-state index in [0.717, 1.165) is 5.56 Å². The molecule has 1 heterocycles. The molecule has 0 radical (unpaired) electrons. The molecule has 5 heteroatoms. The van der Waals surface area contributed by atoms with Crippen LogP contribution < -0.4 is 0 Å². The number of ether oxygens (including phenoxy) is 1. The van der Waals surface area contributed by atoms with Crippen LogP contribution in [0.2, 0.25) is 0 Å². The molecule has 13 heavy (non-hydrogen) atoms. The predicted octanol–water partition coefficient (Wildman–Crippen LogP) is 2.66. The molecule has 0 aromatic carbocycles. The zero-order valence-electron chi connectivity index (χ0n) is 6.83. The first-order valence-electron chi connectivity index (χ1n) is 3.47. The maximum atomic E-state index is 11.0. The second-order valence-corrected chi connectivity index (χ2v) is 5.33. The van der Waals surface area contributed by atoms with Crippen LogP contribution in [0.5, 0.6) is 0 Å². The highest BCUT2D eigenvalue weighted by molar-refractivity contribution is 9.24. The number of alkyl halides is 2. The smallest absolute Gasteiger partial charge is 0.356 e. The van der Waals surface area contributed by atoms with Gasteiger partial charge in [0.2, 0.25) is 0 Å². The van der Waals surface area contributed by atoms with Crippen LogP contribution in [-0.2, 0) is 4.74 Å². The summed E-state index contributed by atoms with van der Waals surface area (Å²) in [7, 11) is 1.33. The number of aromatic nitrogens is 1.